The van der Waals surface area contributed by atoms with E-state index in [1.54, 1.807) is 13.0 Å². The highest BCUT2D eigenvalue weighted by atomic mass is 16.5. The van der Waals surface area contributed by atoms with Crippen molar-refractivity contribution in [2.45, 2.75) is 178 Å². The molecule has 0 spiro atoms. The fourth-order valence-corrected chi connectivity index (χ4v) is 13.5. The molecule has 0 amide bonds. The van der Waals surface area contributed by atoms with E-state index < -0.39 is 52.4 Å². The number of nitrogens with two attached hydrogens (primary N) is 2. The molecule has 50 heavy (non-hydrogen) atoms. The number of aliphatic hydroxyl groups is 5. The number of ether oxygens (including phenoxy) is 1. The first-order valence-corrected chi connectivity index (χ1v) is 20.7. The lowest BCUT2D eigenvalue weighted by atomic mass is 9.44. The largest absolute Gasteiger partial charge is 0.390 e. The Morgan fingerprint density at radius 3 is 2.52 bits per heavy atom. The summed E-state index contributed by atoms with van der Waals surface area (Å²) in [5.41, 5.74) is 2.85. The summed E-state index contributed by atoms with van der Waals surface area (Å²) in [7, 11) is 0. The predicted molar refractivity (Wildman–Crippen MR) is 190 cm³/mol. The molecular formula is C41H69N2O7+. The van der Waals surface area contributed by atoms with Gasteiger partial charge in [-0.2, -0.15) is 0 Å². The zero-order chi connectivity index (χ0) is 35.8. The highest BCUT2D eigenvalue weighted by molar-refractivity contribution is 5.95. The van der Waals surface area contributed by atoms with Crippen LogP contribution in [-0.2, 0) is 9.53 Å². The standard InChI is InChI=1S/C41H68N2O7/c1-5-6-7-24-8-10-33-26(18-24)23(2)36(50-33)37(47)39(4,48)34-14-17-41(49)28-19-30(44)29-20-31(45)32(46)21-40(29,27(28)13-15-38(34,41)3)16-12-25-9-11-35(42)43-22-25/h19,23-27,29,31-37,43,45-49H,5-18,20-22,42H2,1-4H3/p+1/t23-,24+,25?,26-,27+,29+,31+,32-,33+,34+,35?,36+,37+,38+,39+,40+,41-/m0/s1. The number of hydrogen-bond acceptors (Lipinski definition) is 8. The SMILES string of the molecule is CCCC[C@@H]1CC[C@H]2O[C@@H]([C@@H](O)[C@](C)(O)[C@@H]3CC[C@]4(O)C5=CC(=O)[C@H]6C[C@@H](O)[C@@H](O)C[C@]6(CCC6CCC(N)[NH2+]C6)[C@@H]5CC[C@]34C)[C@@H](C)[C@@H]2C1. The summed E-state index contributed by atoms with van der Waals surface area (Å²) in [5, 5.41) is 61.7. The minimum Gasteiger partial charge on any atom is -0.390 e. The first-order valence-electron chi connectivity index (χ1n) is 20.7. The van der Waals surface area contributed by atoms with Gasteiger partial charge in [0.1, 0.15) is 12.3 Å². The Morgan fingerprint density at radius 1 is 1.04 bits per heavy atom. The van der Waals surface area contributed by atoms with E-state index in [0.29, 0.717) is 43.4 Å². The van der Waals surface area contributed by atoms with Crippen LogP contribution in [0.5, 0.6) is 0 Å². The summed E-state index contributed by atoms with van der Waals surface area (Å²) in [6.07, 6.45) is 12.3. The van der Waals surface area contributed by atoms with Crippen molar-refractivity contribution in [1.82, 2.24) is 0 Å². The third-order valence-corrected chi connectivity index (χ3v) is 16.6. The Labute approximate surface area is 300 Å². The van der Waals surface area contributed by atoms with Crippen molar-refractivity contribution in [2.24, 2.45) is 58.0 Å². The number of ketones is 1. The highest BCUT2D eigenvalue weighted by Crippen LogP contribution is 2.70. The van der Waals surface area contributed by atoms with Gasteiger partial charge in [0.2, 0.25) is 0 Å². The molecule has 2 aliphatic heterocycles. The second-order valence-corrected chi connectivity index (χ2v) is 19.1. The Morgan fingerprint density at radius 2 is 1.80 bits per heavy atom. The van der Waals surface area contributed by atoms with Crippen LogP contribution in [0.3, 0.4) is 0 Å². The molecule has 0 aromatic rings. The average Bonchev–Trinajstić information content (AvgIpc) is 3.57. The van der Waals surface area contributed by atoms with Crippen molar-refractivity contribution in [3.8, 4) is 0 Å². The van der Waals surface area contributed by atoms with Gasteiger partial charge in [0.15, 0.2) is 5.78 Å². The number of piperidine rings is 1. The monoisotopic (exact) mass is 702 g/mol. The minimum atomic E-state index is -1.50. The summed E-state index contributed by atoms with van der Waals surface area (Å²) in [6, 6.07) is 0. The molecule has 2 saturated heterocycles. The van der Waals surface area contributed by atoms with Gasteiger partial charge in [-0.1, -0.05) is 40.0 Å². The number of carbonyl (C=O) groups is 1. The third-order valence-electron chi connectivity index (χ3n) is 16.6. The van der Waals surface area contributed by atoms with Crippen molar-refractivity contribution in [3.05, 3.63) is 11.6 Å². The van der Waals surface area contributed by atoms with Crippen LogP contribution in [0.2, 0.25) is 0 Å². The molecule has 0 bridgehead atoms. The second-order valence-electron chi connectivity index (χ2n) is 19.1. The molecule has 9 nitrogen and oxygen atoms in total. The maximum Gasteiger partial charge on any atom is 0.159 e. The van der Waals surface area contributed by atoms with Gasteiger partial charge in [0.05, 0.1) is 42.2 Å². The lowest BCUT2D eigenvalue weighted by Crippen LogP contribution is -2.95. The van der Waals surface area contributed by atoms with E-state index in [-0.39, 0.29) is 42.2 Å². The van der Waals surface area contributed by atoms with E-state index in [4.69, 9.17) is 10.5 Å². The Bertz CT molecular complexity index is 1280. The van der Waals surface area contributed by atoms with E-state index in [0.717, 1.165) is 57.1 Å². The maximum atomic E-state index is 14.2. The molecule has 0 radical (unpaired) electrons. The molecule has 4 saturated carbocycles. The lowest BCUT2D eigenvalue weighted by Gasteiger charge is -2.62. The first kappa shape index (κ1) is 37.4. The Balaban J connectivity index is 1.13. The molecule has 9 N–H and O–H groups in total. The summed E-state index contributed by atoms with van der Waals surface area (Å²) in [5.74, 6) is 0.811. The van der Waals surface area contributed by atoms with Crippen LogP contribution in [0, 0.1) is 52.3 Å². The lowest BCUT2D eigenvalue weighted by molar-refractivity contribution is -0.703. The van der Waals surface area contributed by atoms with Crippen LogP contribution in [-0.4, -0.2) is 85.7 Å². The molecule has 284 valence electrons. The third kappa shape index (κ3) is 5.91. The highest BCUT2D eigenvalue weighted by Gasteiger charge is 2.70. The average molecular weight is 702 g/mol. The fourth-order valence-electron chi connectivity index (χ4n) is 13.5. The van der Waals surface area contributed by atoms with E-state index in [9.17, 15) is 30.3 Å². The van der Waals surface area contributed by atoms with Crippen molar-refractivity contribution in [1.29, 1.82) is 0 Å². The summed E-state index contributed by atoms with van der Waals surface area (Å²) < 4.78 is 6.62. The van der Waals surface area contributed by atoms with Crippen LogP contribution < -0.4 is 11.1 Å². The molecule has 0 aromatic carbocycles. The van der Waals surface area contributed by atoms with Gasteiger partial charge >= 0.3 is 0 Å². The molecule has 2 heterocycles. The van der Waals surface area contributed by atoms with Crippen LogP contribution in [0.1, 0.15) is 130 Å². The number of hydrogen-bond donors (Lipinski definition) is 7. The van der Waals surface area contributed by atoms with Crippen LogP contribution >= 0.6 is 0 Å². The van der Waals surface area contributed by atoms with Gasteiger partial charge in [0, 0.05) is 23.7 Å². The molecule has 5 aliphatic carbocycles. The molecule has 6 fully saturated rings. The molecule has 2 unspecified atom stereocenters. The van der Waals surface area contributed by atoms with Crippen molar-refractivity contribution >= 4 is 5.78 Å². The van der Waals surface area contributed by atoms with Crippen LogP contribution in [0.4, 0.5) is 0 Å². The van der Waals surface area contributed by atoms with E-state index >= 15 is 0 Å². The predicted octanol–water partition coefficient (Wildman–Crippen LogP) is 3.33. The number of allylic oxidation sites excluding steroid dienone is 1. The number of aliphatic hydroxyl groups excluding tert-OH is 3. The van der Waals surface area contributed by atoms with Crippen molar-refractivity contribution < 1.29 is 40.4 Å². The number of rotatable bonds is 9. The molecule has 9 heteroatoms. The van der Waals surface area contributed by atoms with Crippen molar-refractivity contribution in [3.63, 3.8) is 0 Å². The minimum absolute atomic E-state index is 0.0413. The smallest absolute Gasteiger partial charge is 0.159 e. The molecule has 7 aliphatic rings. The summed E-state index contributed by atoms with van der Waals surface area (Å²) in [4.78, 5) is 14.2. The van der Waals surface area contributed by atoms with Gasteiger partial charge in [0.25, 0.3) is 0 Å². The van der Waals surface area contributed by atoms with Gasteiger partial charge in [-0.3, -0.25) is 10.5 Å². The molecule has 7 rings (SSSR count). The fraction of sp³-hybridized carbons (Fsp3) is 0.927. The summed E-state index contributed by atoms with van der Waals surface area (Å²) >= 11 is 0. The number of quaternary nitrogens is 1. The number of carbonyl (C=O) groups excluding carboxylic acids is 1. The van der Waals surface area contributed by atoms with Crippen molar-refractivity contribution in [2.75, 3.05) is 6.54 Å². The maximum absolute atomic E-state index is 14.2. The van der Waals surface area contributed by atoms with Gasteiger partial charge in [-0.05, 0) is 131 Å². The van der Waals surface area contributed by atoms with E-state index in [1.807, 2.05) is 0 Å². The van der Waals surface area contributed by atoms with Crippen LogP contribution in [0.25, 0.3) is 0 Å². The van der Waals surface area contributed by atoms with Gasteiger partial charge in [-0.25, -0.2) is 0 Å². The number of unbranched alkanes of at least 4 members (excludes halogenated alkanes) is 1. The Hall–Kier alpha value is -0.910. The first-order chi connectivity index (χ1) is 23.7. The zero-order valence-electron chi connectivity index (χ0n) is 31.3. The molecular weight excluding hydrogens is 632 g/mol. The second kappa shape index (κ2) is 13.7. The van der Waals surface area contributed by atoms with Gasteiger partial charge in [-0.15, -0.1) is 0 Å². The van der Waals surface area contributed by atoms with E-state index in [2.05, 4.69) is 26.1 Å². The Kier molecular flexibility index (Phi) is 10.3. The quantitative estimate of drug-likeness (QED) is 0.192. The molecule has 17 atom stereocenters. The van der Waals surface area contributed by atoms with Crippen LogP contribution in [0.15, 0.2) is 11.6 Å². The van der Waals surface area contributed by atoms with E-state index in [1.165, 1.54) is 25.7 Å². The number of fused-ring (bicyclic) bond motifs is 6. The molecule has 0 aromatic heterocycles. The zero-order valence-corrected chi connectivity index (χ0v) is 31.3. The van der Waals surface area contributed by atoms with Gasteiger partial charge < -0.3 is 35.6 Å². The summed E-state index contributed by atoms with van der Waals surface area (Å²) in [6.45, 7) is 9.23. The normalized spacial score (nSPS) is 50.8. The topological polar surface area (TPSA) is 170 Å².